The van der Waals surface area contributed by atoms with E-state index in [0.29, 0.717) is 13.0 Å². The molecule has 0 atom stereocenters. The molecule has 0 spiro atoms. The number of ether oxygens (including phenoxy) is 1. The maximum absolute atomic E-state index is 11.6. The summed E-state index contributed by atoms with van der Waals surface area (Å²) in [4.78, 5) is 0. The van der Waals surface area contributed by atoms with Gasteiger partial charge in [-0.2, -0.15) is 12.7 Å². The van der Waals surface area contributed by atoms with Crippen LogP contribution in [0.2, 0.25) is 0 Å². The van der Waals surface area contributed by atoms with Gasteiger partial charge in [0.05, 0.1) is 7.11 Å². The van der Waals surface area contributed by atoms with Gasteiger partial charge in [0.25, 0.3) is 10.2 Å². The fourth-order valence-corrected chi connectivity index (χ4v) is 2.78. The predicted molar refractivity (Wildman–Crippen MR) is 81.5 cm³/mol. The van der Waals surface area contributed by atoms with E-state index in [2.05, 4.69) is 10.8 Å². The topological polar surface area (TPSA) is 58.6 Å². The van der Waals surface area contributed by atoms with Gasteiger partial charge in [-0.15, -0.1) is 0 Å². The summed E-state index contributed by atoms with van der Waals surface area (Å²) in [7, 11) is 1.33. The van der Waals surface area contributed by atoms with Gasteiger partial charge >= 0.3 is 0 Å². The number of methoxy groups -OCH3 is 1. The minimum atomic E-state index is -3.36. The lowest BCUT2D eigenvalue weighted by molar-refractivity contribution is 0.408. The monoisotopic (exact) mass is 300 g/mol. The minimum absolute atomic E-state index is 0.382. The molecule has 0 heterocycles. The van der Waals surface area contributed by atoms with Gasteiger partial charge in [-0.05, 0) is 49.4 Å². The molecule has 0 radical (unpaired) electrons. The second-order valence-corrected chi connectivity index (χ2v) is 7.04. The van der Waals surface area contributed by atoms with Crippen molar-refractivity contribution in [2.75, 3.05) is 27.7 Å². The van der Waals surface area contributed by atoms with Crippen molar-refractivity contribution in [2.45, 2.75) is 27.2 Å². The summed E-state index contributed by atoms with van der Waals surface area (Å²) in [6.07, 6.45) is 0.657. The Bertz CT molecular complexity index is 581. The molecule has 1 aromatic rings. The fourth-order valence-electron chi connectivity index (χ4n) is 2.16. The maximum Gasteiger partial charge on any atom is 0.278 e. The Balaban J connectivity index is 2.85. The van der Waals surface area contributed by atoms with Crippen molar-refractivity contribution in [1.29, 1.82) is 0 Å². The van der Waals surface area contributed by atoms with E-state index in [-0.39, 0.29) is 0 Å². The van der Waals surface area contributed by atoms with E-state index in [9.17, 15) is 8.42 Å². The number of rotatable bonds is 6. The third-order valence-electron chi connectivity index (χ3n) is 3.50. The number of hydrogen-bond acceptors (Lipinski definition) is 3. The van der Waals surface area contributed by atoms with Crippen LogP contribution in [-0.2, 0) is 16.6 Å². The van der Waals surface area contributed by atoms with Crippen LogP contribution in [-0.4, -0.2) is 40.5 Å². The lowest BCUT2D eigenvalue weighted by atomic mass is 9.97. The highest BCUT2D eigenvalue weighted by molar-refractivity contribution is 7.87. The quantitative estimate of drug-likeness (QED) is 0.867. The first-order valence-electron chi connectivity index (χ1n) is 6.51. The maximum atomic E-state index is 11.6. The molecule has 0 aliphatic rings. The molecule has 1 N–H and O–H groups in total. The molecule has 0 aromatic heterocycles. The lowest BCUT2D eigenvalue weighted by Gasteiger charge is -2.16. The standard InChI is InChI=1S/C14H24N2O3S/c1-10-9-13(11(2)12(3)14(10)19-6)7-8-15-20(17,18)16(4)5/h9,15H,7-8H2,1-6H3. The average molecular weight is 300 g/mol. The summed E-state index contributed by atoms with van der Waals surface area (Å²) >= 11 is 0. The third kappa shape index (κ3) is 3.71. The first-order valence-corrected chi connectivity index (χ1v) is 7.95. The van der Waals surface area contributed by atoms with E-state index in [1.807, 2.05) is 20.8 Å². The zero-order valence-corrected chi connectivity index (χ0v) is 13.9. The first kappa shape index (κ1) is 16.9. The normalized spacial score (nSPS) is 11.9. The van der Waals surface area contributed by atoms with Gasteiger partial charge in [-0.3, -0.25) is 0 Å². The summed E-state index contributed by atoms with van der Waals surface area (Å²) in [6.45, 7) is 6.44. The minimum Gasteiger partial charge on any atom is -0.496 e. The van der Waals surface area contributed by atoms with Crippen molar-refractivity contribution < 1.29 is 13.2 Å². The smallest absolute Gasteiger partial charge is 0.278 e. The van der Waals surface area contributed by atoms with Gasteiger partial charge in [0.15, 0.2) is 0 Å². The van der Waals surface area contributed by atoms with Crippen LogP contribution in [0.15, 0.2) is 6.07 Å². The number of nitrogens with one attached hydrogen (secondary N) is 1. The molecule has 0 aliphatic carbocycles. The number of nitrogens with zero attached hydrogens (tertiary/aromatic N) is 1. The van der Waals surface area contributed by atoms with E-state index in [1.165, 1.54) is 18.4 Å². The number of benzene rings is 1. The average Bonchev–Trinajstić information content (AvgIpc) is 2.35. The van der Waals surface area contributed by atoms with E-state index in [4.69, 9.17) is 4.74 Å². The highest BCUT2D eigenvalue weighted by Crippen LogP contribution is 2.28. The van der Waals surface area contributed by atoms with Gasteiger partial charge in [-0.25, -0.2) is 4.72 Å². The number of aryl methyl sites for hydroxylation is 1. The molecule has 20 heavy (non-hydrogen) atoms. The van der Waals surface area contributed by atoms with Crippen LogP contribution in [0.25, 0.3) is 0 Å². The van der Waals surface area contributed by atoms with Gasteiger partial charge in [-0.1, -0.05) is 6.07 Å². The Morgan fingerprint density at radius 3 is 2.30 bits per heavy atom. The van der Waals surface area contributed by atoms with Crippen LogP contribution in [0.4, 0.5) is 0 Å². The molecule has 0 amide bonds. The largest absolute Gasteiger partial charge is 0.496 e. The molecule has 5 nitrogen and oxygen atoms in total. The molecule has 0 aliphatic heterocycles. The predicted octanol–water partition coefficient (Wildman–Crippen LogP) is 1.56. The van der Waals surface area contributed by atoms with E-state index in [1.54, 1.807) is 7.11 Å². The molecule has 0 unspecified atom stereocenters. The molecule has 1 rings (SSSR count). The van der Waals surface area contributed by atoms with Crippen LogP contribution in [0, 0.1) is 20.8 Å². The summed E-state index contributed by atoms with van der Waals surface area (Å²) in [5.74, 6) is 0.903. The molecular formula is C14H24N2O3S. The van der Waals surface area contributed by atoms with Crippen molar-refractivity contribution in [3.05, 3.63) is 28.3 Å². The first-order chi connectivity index (χ1) is 9.20. The summed E-state index contributed by atoms with van der Waals surface area (Å²) in [6, 6.07) is 2.06. The van der Waals surface area contributed by atoms with Gasteiger partial charge in [0, 0.05) is 20.6 Å². The Hall–Kier alpha value is -1.11. The van der Waals surface area contributed by atoms with Crippen molar-refractivity contribution in [3.8, 4) is 5.75 Å². The third-order valence-corrected chi connectivity index (χ3v) is 5.03. The highest BCUT2D eigenvalue weighted by Gasteiger charge is 2.14. The molecule has 0 bridgehead atoms. The van der Waals surface area contributed by atoms with Crippen molar-refractivity contribution >= 4 is 10.2 Å². The molecule has 0 saturated heterocycles. The molecule has 114 valence electrons. The molecule has 0 saturated carbocycles. The van der Waals surface area contributed by atoms with E-state index >= 15 is 0 Å². The van der Waals surface area contributed by atoms with Crippen LogP contribution in [0.5, 0.6) is 5.75 Å². The summed E-state index contributed by atoms with van der Waals surface area (Å²) in [5.41, 5.74) is 4.47. The van der Waals surface area contributed by atoms with E-state index < -0.39 is 10.2 Å². The zero-order valence-electron chi connectivity index (χ0n) is 13.1. The van der Waals surface area contributed by atoms with Crippen LogP contribution >= 0.6 is 0 Å². The highest BCUT2D eigenvalue weighted by atomic mass is 32.2. The summed E-state index contributed by atoms with van der Waals surface area (Å²) in [5, 5.41) is 0. The van der Waals surface area contributed by atoms with E-state index in [0.717, 1.165) is 28.0 Å². The Labute approximate surface area is 122 Å². The Kier molecular flexibility index (Phi) is 5.56. The zero-order chi connectivity index (χ0) is 15.5. The van der Waals surface area contributed by atoms with Gasteiger partial charge in [0.2, 0.25) is 0 Å². The van der Waals surface area contributed by atoms with Crippen molar-refractivity contribution in [3.63, 3.8) is 0 Å². The SMILES string of the molecule is COc1c(C)cc(CCNS(=O)(=O)N(C)C)c(C)c1C. The Morgan fingerprint density at radius 2 is 1.80 bits per heavy atom. The van der Waals surface area contributed by atoms with Crippen LogP contribution in [0.3, 0.4) is 0 Å². The van der Waals surface area contributed by atoms with Gasteiger partial charge < -0.3 is 4.74 Å². The Morgan fingerprint density at radius 1 is 1.20 bits per heavy atom. The molecule has 1 aromatic carbocycles. The second kappa shape index (κ2) is 6.56. The molecule has 0 fully saturated rings. The van der Waals surface area contributed by atoms with Crippen LogP contribution in [0.1, 0.15) is 22.3 Å². The molecular weight excluding hydrogens is 276 g/mol. The lowest BCUT2D eigenvalue weighted by Crippen LogP contribution is -2.36. The van der Waals surface area contributed by atoms with Crippen molar-refractivity contribution in [2.24, 2.45) is 0 Å². The fraction of sp³-hybridized carbons (Fsp3) is 0.571. The molecule has 6 heteroatoms. The summed E-state index contributed by atoms with van der Waals surface area (Å²) < 4.78 is 32.4. The second-order valence-electron chi connectivity index (χ2n) is 5.07. The number of hydrogen-bond donors (Lipinski definition) is 1. The van der Waals surface area contributed by atoms with Crippen LogP contribution < -0.4 is 9.46 Å². The van der Waals surface area contributed by atoms with Crippen molar-refractivity contribution in [1.82, 2.24) is 9.03 Å². The van der Waals surface area contributed by atoms with Gasteiger partial charge in [0.1, 0.15) is 5.75 Å².